The first-order chi connectivity index (χ1) is 10.0. The van der Waals surface area contributed by atoms with E-state index in [0.717, 1.165) is 17.7 Å². The highest BCUT2D eigenvalue weighted by Gasteiger charge is 2.02. The largest absolute Gasteiger partial charge is 0.362 e. The maximum Gasteiger partial charge on any atom is 0.170 e. The molecular formula is C16H16Cl2N2S. The van der Waals surface area contributed by atoms with Crippen molar-refractivity contribution in [1.82, 2.24) is 5.32 Å². The van der Waals surface area contributed by atoms with Crippen LogP contribution in [0.15, 0.2) is 42.5 Å². The highest BCUT2D eigenvalue weighted by atomic mass is 35.5. The van der Waals surface area contributed by atoms with Crippen molar-refractivity contribution in [1.29, 1.82) is 0 Å². The number of rotatable bonds is 4. The number of thiocarbonyl (C=S) groups is 1. The quantitative estimate of drug-likeness (QED) is 0.780. The van der Waals surface area contributed by atoms with E-state index in [9.17, 15) is 0 Å². The first kappa shape index (κ1) is 16.1. The predicted molar refractivity (Wildman–Crippen MR) is 95.6 cm³/mol. The lowest BCUT2D eigenvalue weighted by molar-refractivity contribution is 0.873. The average molecular weight is 339 g/mol. The van der Waals surface area contributed by atoms with Crippen LogP contribution in [-0.4, -0.2) is 11.7 Å². The van der Waals surface area contributed by atoms with E-state index in [1.54, 1.807) is 6.07 Å². The lowest BCUT2D eigenvalue weighted by Crippen LogP contribution is -2.30. The molecule has 2 aromatic carbocycles. The van der Waals surface area contributed by atoms with Crippen LogP contribution >= 0.6 is 35.4 Å². The summed E-state index contributed by atoms with van der Waals surface area (Å²) in [6, 6.07) is 13.6. The van der Waals surface area contributed by atoms with Gasteiger partial charge in [-0.1, -0.05) is 47.0 Å². The summed E-state index contributed by atoms with van der Waals surface area (Å²) in [6.45, 7) is 2.76. The van der Waals surface area contributed by atoms with E-state index in [0.29, 0.717) is 21.7 Å². The van der Waals surface area contributed by atoms with Crippen LogP contribution in [0.1, 0.15) is 11.1 Å². The van der Waals surface area contributed by atoms with Crippen molar-refractivity contribution in [2.75, 3.05) is 11.9 Å². The predicted octanol–water partition coefficient (Wildman–Crippen LogP) is 4.83. The molecule has 2 aromatic rings. The van der Waals surface area contributed by atoms with E-state index in [4.69, 9.17) is 35.4 Å². The molecular weight excluding hydrogens is 323 g/mol. The van der Waals surface area contributed by atoms with Gasteiger partial charge in [-0.05, 0) is 55.4 Å². The second-order valence-corrected chi connectivity index (χ2v) is 5.98. The molecule has 0 bridgehead atoms. The van der Waals surface area contributed by atoms with Gasteiger partial charge < -0.3 is 10.6 Å². The Labute approximate surface area is 140 Å². The van der Waals surface area contributed by atoms with Gasteiger partial charge in [-0.25, -0.2) is 0 Å². The van der Waals surface area contributed by atoms with Crippen LogP contribution in [0, 0.1) is 6.92 Å². The van der Waals surface area contributed by atoms with Gasteiger partial charge in [0.2, 0.25) is 0 Å². The zero-order valence-corrected chi connectivity index (χ0v) is 13.9. The number of halogens is 2. The zero-order valence-electron chi connectivity index (χ0n) is 11.6. The Balaban J connectivity index is 1.80. The van der Waals surface area contributed by atoms with Gasteiger partial charge in [-0.3, -0.25) is 0 Å². The summed E-state index contributed by atoms with van der Waals surface area (Å²) in [7, 11) is 0. The summed E-state index contributed by atoms with van der Waals surface area (Å²) in [6.07, 6.45) is 0.783. The Morgan fingerprint density at radius 2 is 1.81 bits per heavy atom. The van der Waals surface area contributed by atoms with Crippen molar-refractivity contribution in [3.8, 4) is 0 Å². The van der Waals surface area contributed by atoms with Crippen LogP contribution in [0.4, 0.5) is 5.69 Å². The van der Waals surface area contributed by atoms with E-state index < -0.39 is 0 Å². The monoisotopic (exact) mass is 338 g/mol. The SMILES string of the molecule is Cc1ccc(NC(=S)NCCc2ccc(Cl)cc2Cl)cc1. The van der Waals surface area contributed by atoms with Crippen LogP contribution in [0.3, 0.4) is 0 Å². The molecule has 0 saturated carbocycles. The zero-order chi connectivity index (χ0) is 15.2. The minimum Gasteiger partial charge on any atom is -0.362 e. The van der Waals surface area contributed by atoms with Crippen LogP contribution < -0.4 is 10.6 Å². The van der Waals surface area contributed by atoms with Crippen molar-refractivity contribution in [2.45, 2.75) is 13.3 Å². The minimum atomic E-state index is 0.601. The van der Waals surface area contributed by atoms with Crippen molar-refractivity contribution in [3.05, 3.63) is 63.6 Å². The Morgan fingerprint density at radius 3 is 2.48 bits per heavy atom. The van der Waals surface area contributed by atoms with Gasteiger partial charge >= 0.3 is 0 Å². The number of hydrogen-bond acceptors (Lipinski definition) is 1. The molecule has 0 fully saturated rings. The number of benzene rings is 2. The maximum absolute atomic E-state index is 6.13. The summed E-state index contributed by atoms with van der Waals surface area (Å²) in [5, 5.41) is 8.24. The fraction of sp³-hybridized carbons (Fsp3) is 0.188. The van der Waals surface area contributed by atoms with Gasteiger partial charge in [0.15, 0.2) is 5.11 Å². The lowest BCUT2D eigenvalue weighted by Gasteiger charge is -2.11. The molecule has 21 heavy (non-hydrogen) atoms. The molecule has 0 aliphatic carbocycles. The smallest absolute Gasteiger partial charge is 0.170 e. The van der Waals surface area contributed by atoms with E-state index in [2.05, 4.69) is 17.6 Å². The molecule has 2 N–H and O–H groups in total. The van der Waals surface area contributed by atoms with E-state index in [1.807, 2.05) is 36.4 Å². The van der Waals surface area contributed by atoms with Gasteiger partial charge in [0.1, 0.15) is 0 Å². The molecule has 2 rings (SSSR count). The molecule has 0 saturated heterocycles. The van der Waals surface area contributed by atoms with Crippen molar-refractivity contribution >= 4 is 46.2 Å². The van der Waals surface area contributed by atoms with Gasteiger partial charge in [-0.2, -0.15) is 0 Å². The normalized spacial score (nSPS) is 10.2. The molecule has 110 valence electrons. The van der Waals surface area contributed by atoms with E-state index in [-0.39, 0.29) is 0 Å². The molecule has 0 spiro atoms. The molecule has 0 heterocycles. The first-order valence-electron chi connectivity index (χ1n) is 6.60. The molecule has 0 aliphatic heterocycles. The molecule has 0 atom stereocenters. The lowest BCUT2D eigenvalue weighted by atomic mass is 10.1. The number of aryl methyl sites for hydroxylation is 1. The van der Waals surface area contributed by atoms with Crippen molar-refractivity contribution in [3.63, 3.8) is 0 Å². The molecule has 0 aromatic heterocycles. The fourth-order valence-electron chi connectivity index (χ4n) is 1.85. The topological polar surface area (TPSA) is 24.1 Å². The summed E-state index contributed by atoms with van der Waals surface area (Å²) in [5.41, 5.74) is 3.24. The first-order valence-corrected chi connectivity index (χ1v) is 7.76. The van der Waals surface area contributed by atoms with Crippen LogP contribution in [0.5, 0.6) is 0 Å². The third-order valence-electron chi connectivity index (χ3n) is 3.00. The number of nitrogens with one attached hydrogen (secondary N) is 2. The van der Waals surface area contributed by atoms with E-state index in [1.165, 1.54) is 5.56 Å². The molecule has 0 amide bonds. The Hall–Kier alpha value is -1.29. The summed E-state index contributed by atoms with van der Waals surface area (Å²) in [5.74, 6) is 0. The Bertz CT molecular complexity index is 627. The third-order valence-corrected chi connectivity index (χ3v) is 3.84. The van der Waals surface area contributed by atoms with Gasteiger partial charge in [0.25, 0.3) is 0 Å². The van der Waals surface area contributed by atoms with Crippen molar-refractivity contribution in [2.24, 2.45) is 0 Å². The van der Waals surface area contributed by atoms with Crippen LogP contribution in [0.25, 0.3) is 0 Å². The Kier molecular flexibility index (Phi) is 5.85. The molecule has 0 aliphatic rings. The van der Waals surface area contributed by atoms with Crippen molar-refractivity contribution < 1.29 is 0 Å². The molecule has 0 unspecified atom stereocenters. The second-order valence-electron chi connectivity index (χ2n) is 4.73. The van der Waals surface area contributed by atoms with Crippen LogP contribution in [0.2, 0.25) is 10.0 Å². The molecule has 0 radical (unpaired) electrons. The summed E-state index contributed by atoms with van der Waals surface area (Å²) < 4.78 is 0. The average Bonchev–Trinajstić information content (AvgIpc) is 2.44. The van der Waals surface area contributed by atoms with E-state index >= 15 is 0 Å². The van der Waals surface area contributed by atoms with Crippen LogP contribution in [-0.2, 0) is 6.42 Å². The molecule has 2 nitrogen and oxygen atoms in total. The molecule has 5 heteroatoms. The van der Waals surface area contributed by atoms with Gasteiger partial charge in [0.05, 0.1) is 0 Å². The number of anilines is 1. The third kappa shape index (κ3) is 5.20. The second kappa shape index (κ2) is 7.64. The maximum atomic E-state index is 6.13. The highest BCUT2D eigenvalue weighted by Crippen LogP contribution is 2.21. The van der Waals surface area contributed by atoms with Gasteiger partial charge in [0, 0.05) is 22.3 Å². The highest BCUT2D eigenvalue weighted by molar-refractivity contribution is 7.80. The van der Waals surface area contributed by atoms with Gasteiger partial charge in [-0.15, -0.1) is 0 Å². The Morgan fingerprint density at radius 1 is 1.10 bits per heavy atom. The summed E-state index contributed by atoms with van der Waals surface area (Å²) in [4.78, 5) is 0. The fourth-order valence-corrected chi connectivity index (χ4v) is 2.57. The summed E-state index contributed by atoms with van der Waals surface area (Å²) >= 11 is 17.3. The number of hydrogen-bond donors (Lipinski definition) is 2. The minimum absolute atomic E-state index is 0.601. The standard InChI is InChI=1S/C16H16Cl2N2S/c1-11-2-6-14(7-3-11)20-16(21)19-9-8-12-4-5-13(17)10-15(12)18/h2-7,10H,8-9H2,1H3,(H2,19,20,21).